The number of carbonyl (C=O) groups excluding carboxylic acids is 1. The second-order valence-corrected chi connectivity index (χ2v) is 11.4. The number of fused-ring (bicyclic) bond motifs is 1. The summed E-state index contributed by atoms with van der Waals surface area (Å²) in [5.74, 6) is -2.24. The lowest BCUT2D eigenvalue weighted by molar-refractivity contribution is -0.140. The van der Waals surface area contributed by atoms with Gasteiger partial charge in [-0.15, -0.1) is 0 Å². The third kappa shape index (κ3) is 5.29. The van der Waals surface area contributed by atoms with E-state index in [-0.39, 0.29) is 17.0 Å². The molecule has 28 heavy (non-hydrogen) atoms. The van der Waals surface area contributed by atoms with Gasteiger partial charge in [-0.3, -0.25) is 4.79 Å². The average molecular weight is 427 g/mol. The summed E-state index contributed by atoms with van der Waals surface area (Å²) in [7, 11) is -3.09. The molecule has 0 spiro atoms. The fourth-order valence-corrected chi connectivity index (χ4v) is 6.33. The highest BCUT2D eigenvalue weighted by Gasteiger charge is 2.33. The summed E-state index contributed by atoms with van der Waals surface area (Å²) >= 11 is 0. The molecule has 0 saturated heterocycles. The largest absolute Gasteiger partial charge is 0.480 e. The molecule has 1 unspecified atom stereocenters. The number of amides is 1. The lowest BCUT2D eigenvalue weighted by atomic mass is 9.89. The lowest BCUT2D eigenvalue weighted by Crippen LogP contribution is -2.45. The zero-order chi connectivity index (χ0) is 21.1. The Morgan fingerprint density at radius 2 is 1.93 bits per heavy atom. The van der Waals surface area contributed by atoms with Crippen molar-refractivity contribution < 1.29 is 23.1 Å². The Labute approximate surface area is 169 Å². The van der Waals surface area contributed by atoms with E-state index in [4.69, 9.17) is 5.11 Å². The number of benzene rings is 1. The van der Waals surface area contributed by atoms with Gasteiger partial charge in [0.25, 0.3) is 0 Å². The van der Waals surface area contributed by atoms with Crippen LogP contribution >= 0.6 is 10.8 Å². The van der Waals surface area contributed by atoms with Gasteiger partial charge < -0.3 is 15.3 Å². The van der Waals surface area contributed by atoms with Crippen molar-refractivity contribution in [3.8, 4) is 0 Å². The fourth-order valence-electron chi connectivity index (χ4n) is 3.39. The van der Waals surface area contributed by atoms with E-state index in [0.717, 1.165) is 17.8 Å². The summed E-state index contributed by atoms with van der Waals surface area (Å²) in [5.41, 5.74) is 2.20. The molecule has 1 heterocycles. The highest BCUT2D eigenvalue weighted by Crippen LogP contribution is 2.40. The fraction of sp³-hybridized carbons (Fsp3) is 0.474. The van der Waals surface area contributed by atoms with Crippen LogP contribution in [-0.4, -0.2) is 55.0 Å². The topological polar surface area (TPSA) is 104 Å². The number of likely N-dealkylation sites (N-methyl/N-ethyl adjacent to an activating group) is 1. The molecule has 1 amide bonds. The number of rotatable bonds is 8. The van der Waals surface area contributed by atoms with Crippen LogP contribution in [0, 0.1) is 0 Å². The molecular formula is C19H26N2O5S2. The number of carboxylic acids is 1. The number of hydrogen-bond donors (Lipinski definition) is 2. The van der Waals surface area contributed by atoms with Crippen molar-refractivity contribution in [3.63, 3.8) is 0 Å². The minimum atomic E-state index is -3.65. The van der Waals surface area contributed by atoms with E-state index in [9.17, 15) is 18.0 Å². The van der Waals surface area contributed by atoms with Gasteiger partial charge in [-0.25, -0.2) is 13.2 Å². The second kappa shape index (κ2) is 8.57. The maximum atomic E-state index is 12.7. The minimum absolute atomic E-state index is 0.206. The van der Waals surface area contributed by atoms with E-state index in [1.165, 1.54) is 6.92 Å². The van der Waals surface area contributed by atoms with Gasteiger partial charge in [0.15, 0.2) is 0 Å². The standard InChI is InChI=1S/C19H26N2O5S2/c1-5-21-17-9-7-6-8-15(17)14(10-19(21,3)4)12-28(25,26)27-11-16(18(23)24)20-13(2)22/h6-10,16H,5,11-12H2,1-4H3,(H,20,22)(H,23,24). The smallest absolute Gasteiger partial charge is 0.327 e. The van der Waals surface area contributed by atoms with Crippen LogP contribution in [0.1, 0.15) is 33.3 Å². The Hall–Kier alpha value is -2.00. The highest BCUT2D eigenvalue weighted by molar-refractivity contribution is 8.72. The Balaban J connectivity index is 2.24. The van der Waals surface area contributed by atoms with Gasteiger partial charge in [0.05, 0.1) is 11.3 Å². The normalized spacial score (nSPS) is 16.7. The molecular weight excluding hydrogens is 400 g/mol. The van der Waals surface area contributed by atoms with Gasteiger partial charge in [0.1, 0.15) is 6.04 Å². The molecule has 154 valence electrons. The van der Waals surface area contributed by atoms with Crippen molar-refractivity contribution in [2.24, 2.45) is 0 Å². The summed E-state index contributed by atoms with van der Waals surface area (Å²) < 4.78 is 25.4. The number of carboxylic acid groups (broad SMARTS) is 1. The van der Waals surface area contributed by atoms with Crippen molar-refractivity contribution >= 4 is 42.8 Å². The van der Waals surface area contributed by atoms with E-state index in [1.807, 2.05) is 44.2 Å². The quantitative estimate of drug-likeness (QED) is 0.615. The first kappa shape index (κ1) is 22.3. The molecule has 0 aromatic heterocycles. The van der Waals surface area contributed by atoms with Gasteiger partial charge in [0.2, 0.25) is 14.8 Å². The summed E-state index contributed by atoms with van der Waals surface area (Å²) in [6.07, 6.45) is 1.96. The molecule has 0 radical (unpaired) electrons. The second-order valence-electron chi connectivity index (χ2n) is 7.16. The molecule has 1 atom stereocenters. The lowest BCUT2D eigenvalue weighted by Gasteiger charge is -2.43. The Bertz CT molecular complexity index is 893. The van der Waals surface area contributed by atoms with Crippen molar-refractivity contribution in [1.29, 1.82) is 0 Å². The van der Waals surface area contributed by atoms with Gasteiger partial charge in [-0.1, -0.05) is 24.3 Å². The molecule has 0 saturated carbocycles. The van der Waals surface area contributed by atoms with E-state index < -0.39 is 26.8 Å². The van der Waals surface area contributed by atoms with Crippen molar-refractivity contribution in [2.75, 3.05) is 23.0 Å². The van der Waals surface area contributed by atoms with Crippen LogP contribution in [0.2, 0.25) is 0 Å². The third-order valence-corrected chi connectivity index (χ3v) is 7.83. The molecule has 2 N–H and O–H groups in total. The van der Waals surface area contributed by atoms with Gasteiger partial charge in [-0.05, 0) is 43.2 Å². The highest BCUT2D eigenvalue weighted by atomic mass is 33.1. The molecule has 0 fully saturated rings. The molecule has 0 aliphatic carbocycles. The summed E-state index contributed by atoms with van der Waals surface area (Å²) in [6, 6.07) is 6.42. The van der Waals surface area contributed by atoms with Crippen LogP contribution < -0.4 is 10.2 Å². The van der Waals surface area contributed by atoms with Crippen molar-refractivity contribution in [3.05, 3.63) is 35.9 Å². The molecule has 9 heteroatoms. The molecule has 1 aliphatic rings. The van der Waals surface area contributed by atoms with Gasteiger partial charge in [-0.2, -0.15) is 0 Å². The van der Waals surface area contributed by atoms with E-state index >= 15 is 0 Å². The molecule has 0 bridgehead atoms. The number of anilines is 1. The Morgan fingerprint density at radius 1 is 1.29 bits per heavy atom. The molecule has 1 aliphatic heterocycles. The van der Waals surface area contributed by atoms with Crippen LogP contribution in [0.15, 0.2) is 30.3 Å². The summed E-state index contributed by atoms with van der Waals surface area (Å²) in [4.78, 5) is 24.6. The maximum Gasteiger partial charge on any atom is 0.327 e. The van der Waals surface area contributed by atoms with E-state index in [2.05, 4.69) is 17.1 Å². The number of carbonyl (C=O) groups is 2. The van der Waals surface area contributed by atoms with Crippen LogP contribution in [0.25, 0.3) is 5.57 Å². The first-order valence-corrected chi connectivity index (χ1v) is 12.1. The van der Waals surface area contributed by atoms with E-state index in [0.29, 0.717) is 16.4 Å². The average Bonchev–Trinajstić information content (AvgIpc) is 2.57. The first-order chi connectivity index (χ1) is 13.0. The molecule has 2 rings (SSSR count). The van der Waals surface area contributed by atoms with Gasteiger partial charge >= 0.3 is 5.97 Å². The first-order valence-electron chi connectivity index (χ1n) is 8.92. The molecule has 7 nitrogen and oxygen atoms in total. The monoisotopic (exact) mass is 426 g/mol. The number of nitrogens with zero attached hydrogens (tertiary/aromatic N) is 1. The maximum absolute atomic E-state index is 12.7. The summed E-state index contributed by atoms with van der Waals surface area (Å²) in [6.45, 7) is 8.09. The predicted molar refractivity (Wildman–Crippen MR) is 113 cm³/mol. The van der Waals surface area contributed by atoms with Crippen molar-refractivity contribution in [2.45, 2.75) is 39.3 Å². The predicted octanol–water partition coefficient (Wildman–Crippen LogP) is 2.34. The molecule has 1 aromatic carbocycles. The molecule has 1 aromatic rings. The SMILES string of the molecule is CCN1c2ccccc2C(CS(=O)(=O)SCC(NC(C)=O)C(=O)O)=CC1(C)C. The minimum Gasteiger partial charge on any atom is -0.480 e. The number of para-hydroxylation sites is 1. The Kier molecular flexibility index (Phi) is 6.82. The van der Waals surface area contributed by atoms with E-state index in [1.54, 1.807) is 0 Å². The van der Waals surface area contributed by atoms with Crippen LogP contribution in [-0.2, 0) is 18.5 Å². The summed E-state index contributed by atoms with van der Waals surface area (Å²) in [5, 5.41) is 11.4. The van der Waals surface area contributed by atoms with Gasteiger partial charge in [0, 0.05) is 30.5 Å². The van der Waals surface area contributed by atoms with Crippen LogP contribution in [0.5, 0.6) is 0 Å². The number of hydrogen-bond acceptors (Lipinski definition) is 6. The van der Waals surface area contributed by atoms with Crippen molar-refractivity contribution in [1.82, 2.24) is 5.32 Å². The number of aliphatic carboxylic acids is 1. The van der Waals surface area contributed by atoms with Crippen LogP contribution in [0.3, 0.4) is 0 Å². The zero-order valence-corrected chi connectivity index (χ0v) is 18.1. The Morgan fingerprint density at radius 3 is 2.50 bits per heavy atom. The third-order valence-electron chi connectivity index (χ3n) is 4.50. The van der Waals surface area contributed by atoms with Crippen LogP contribution in [0.4, 0.5) is 5.69 Å². The number of nitrogens with one attached hydrogen (secondary N) is 1. The zero-order valence-electron chi connectivity index (χ0n) is 16.4.